The molecule has 0 saturated heterocycles. The zero-order valence-corrected chi connectivity index (χ0v) is 9.83. The Morgan fingerprint density at radius 1 is 1.44 bits per heavy atom. The zero-order valence-electron chi connectivity index (χ0n) is 9.83. The molecule has 0 aliphatic heterocycles. The topological polar surface area (TPSA) is 75.3 Å². The Kier molecular flexibility index (Phi) is 5.67. The van der Waals surface area contributed by atoms with Gasteiger partial charge in [-0.05, 0) is 36.7 Å². The van der Waals surface area contributed by atoms with Crippen molar-refractivity contribution < 1.29 is 18.7 Å². The molecule has 0 radical (unpaired) electrons. The summed E-state index contributed by atoms with van der Waals surface area (Å²) in [6, 6.07) is 2.81. The Labute approximate surface area is 104 Å². The van der Waals surface area contributed by atoms with Crippen molar-refractivity contribution in [2.45, 2.75) is 18.9 Å². The van der Waals surface area contributed by atoms with Gasteiger partial charge in [0.2, 0.25) is 0 Å². The van der Waals surface area contributed by atoms with E-state index in [4.69, 9.17) is 10.8 Å². The highest BCUT2D eigenvalue weighted by molar-refractivity contribution is 5.67. The summed E-state index contributed by atoms with van der Waals surface area (Å²) < 4.78 is 26.1. The summed E-state index contributed by atoms with van der Waals surface area (Å²) in [6.45, 7) is 0.733. The quantitative estimate of drug-likeness (QED) is 0.635. The van der Waals surface area contributed by atoms with Gasteiger partial charge in [0.1, 0.15) is 11.6 Å². The minimum absolute atomic E-state index is 0.124. The van der Waals surface area contributed by atoms with Gasteiger partial charge in [-0.15, -0.1) is 0 Å². The summed E-state index contributed by atoms with van der Waals surface area (Å²) in [5.41, 5.74) is 5.82. The Morgan fingerprint density at radius 3 is 2.83 bits per heavy atom. The number of hydrogen-bond donors (Lipinski definition) is 3. The van der Waals surface area contributed by atoms with Crippen LogP contribution >= 0.6 is 0 Å². The predicted octanol–water partition coefficient (Wildman–Crippen LogP) is 0.899. The third-order valence-corrected chi connectivity index (χ3v) is 2.42. The molecule has 0 amide bonds. The van der Waals surface area contributed by atoms with Crippen LogP contribution in [0.5, 0.6) is 0 Å². The van der Waals surface area contributed by atoms with Gasteiger partial charge in [-0.1, -0.05) is 0 Å². The molecular weight excluding hydrogens is 242 g/mol. The van der Waals surface area contributed by atoms with Gasteiger partial charge in [-0.25, -0.2) is 8.78 Å². The van der Waals surface area contributed by atoms with Gasteiger partial charge < -0.3 is 16.2 Å². The van der Waals surface area contributed by atoms with Crippen LogP contribution in [0, 0.1) is 11.6 Å². The van der Waals surface area contributed by atoms with Crippen LogP contribution in [0.4, 0.5) is 8.78 Å². The van der Waals surface area contributed by atoms with Gasteiger partial charge in [0.15, 0.2) is 0 Å². The van der Waals surface area contributed by atoms with Crippen LogP contribution in [0.15, 0.2) is 18.2 Å². The third-order valence-electron chi connectivity index (χ3n) is 2.42. The minimum atomic E-state index is -0.958. The summed E-state index contributed by atoms with van der Waals surface area (Å²) in [7, 11) is 0. The van der Waals surface area contributed by atoms with Gasteiger partial charge in [-0.2, -0.15) is 0 Å². The fraction of sp³-hybridized carbons (Fsp3) is 0.417. The van der Waals surface area contributed by atoms with E-state index in [1.54, 1.807) is 0 Å². The van der Waals surface area contributed by atoms with E-state index in [9.17, 15) is 13.6 Å². The molecule has 1 aromatic rings. The van der Waals surface area contributed by atoms with E-state index < -0.39 is 23.6 Å². The molecule has 1 unspecified atom stereocenters. The SMILES string of the molecule is NC(CNCCc1cc(F)ccc1F)CC(=O)O. The van der Waals surface area contributed by atoms with E-state index in [-0.39, 0.29) is 12.0 Å². The van der Waals surface area contributed by atoms with Crippen molar-refractivity contribution in [1.82, 2.24) is 5.32 Å². The predicted molar refractivity (Wildman–Crippen MR) is 63.2 cm³/mol. The molecule has 4 N–H and O–H groups in total. The molecule has 1 rings (SSSR count). The molecule has 4 nitrogen and oxygen atoms in total. The summed E-state index contributed by atoms with van der Waals surface area (Å²) in [5, 5.41) is 11.4. The fourth-order valence-electron chi connectivity index (χ4n) is 1.54. The number of carbonyl (C=O) groups is 1. The van der Waals surface area contributed by atoms with Gasteiger partial charge in [0.05, 0.1) is 6.42 Å². The lowest BCUT2D eigenvalue weighted by Gasteiger charge is -2.10. The maximum Gasteiger partial charge on any atom is 0.304 e. The Morgan fingerprint density at radius 2 is 2.17 bits per heavy atom. The maximum absolute atomic E-state index is 13.2. The highest BCUT2D eigenvalue weighted by atomic mass is 19.1. The van der Waals surface area contributed by atoms with Crippen LogP contribution in [0.3, 0.4) is 0 Å². The average Bonchev–Trinajstić information content (AvgIpc) is 2.28. The molecule has 18 heavy (non-hydrogen) atoms. The molecular formula is C12H16F2N2O2. The van der Waals surface area contributed by atoms with Crippen molar-refractivity contribution in [3.05, 3.63) is 35.4 Å². The van der Waals surface area contributed by atoms with Crippen LogP contribution < -0.4 is 11.1 Å². The fourth-order valence-corrected chi connectivity index (χ4v) is 1.54. The van der Waals surface area contributed by atoms with Crippen molar-refractivity contribution in [3.63, 3.8) is 0 Å². The summed E-state index contributed by atoms with van der Waals surface area (Å²) >= 11 is 0. The first-order valence-corrected chi connectivity index (χ1v) is 5.61. The van der Waals surface area contributed by atoms with Crippen molar-refractivity contribution in [1.29, 1.82) is 0 Å². The molecule has 0 spiro atoms. The molecule has 0 saturated carbocycles. The Hall–Kier alpha value is -1.53. The van der Waals surface area contributed by atoms with E-state index in [1.807, 2.05) is 0 Å². The lowest BCUT2D eigenvalue weighted by molar-refractivity contribution is -0.137. The highest BCUT2D eigenvalue weighted by Gasteiger charge is 2.08. The van der Waals surface area contributed by atoms with Crippen molar-refractivity contribution in [3.8, 4) is 0 Å². The number of hydrogen-bond acceptors (Lipinski definition) is 3. The number of carboxylic acids is 1. The monoisotopic (exact) mass is 258 g/mol. The molecule has 6 heteroatoms. The van der Waals surface area contributed by atoms with Crippen LogP contribution in [0.1, 0.15) is 12.0 Å². The normalized spacial score (nSPS) is 12.4. The number of nitrogens with two attached hydrogens (primary N) is 1. The zero-order chi connectivity index (χ0) is 13.5. The number of rotatable bonds is 7. The van der Waals surface area contributed by atoms with E-state index in [2.05, 4.69) is 5.32 Å². The first-order chi connectivity index (χ1) is 8.49. The molecule has 0 heterocycles. The molecule has 0 aliphatic rings. The van der Waals surface area contributed by atoms with Crippen LogP contribution in [-0.4, -0.2) is 30.2 Å². The van der Waals surface area contributed by atoms with E-state index >= 15 is 0 Å². The molecule has 0 aliphatic carbocycles. The van der Waals surface area contributed by atoms with Gasteiger partial charge in [0.25, 0.3) is 0 Å². The molecule has 0 aromatic heterocycles. The first kappa shape index (κ1) is 14.5. The average molecular weight is 258 g/mol. The van der Waals surface area contributed by atoms with Crippen LogP contribution in [0.25, 0.3) is 0 Å². The van der Waals surface area contributed by atoms with Crippen molar-refractivity contribution >= 4 is 5.97 Å². The number of nitrogens with one attached hydrogen (secondary N) is 1. The lowest BCUT2D eigenvalue weighted by Crippen LogP contribution is -2.36. The number of carboxylic acid groups (broad SMARTS) is 1. The van der Waals surface area contributed by atoms with Crippen LogP contribution in [-0.2, 0) is 11.2 Å². The second-order valence-electron chi connectivity index (χ2n) is 4.05. The van der Waals surface area contributed by atoms with Crippen molar-refractivity contribution in [2.75, 3.05) is 13.1 Å². The smallest absolute Gasteiger partial charge is 0.304 e. The second-order valence-corrected chi connectivity index (χ2v) is 4.05. The molecule has 1 atom stereocenters. The van der Waals surface area contributed by atoms with Gasteiger partial charge in [0, 0.05) is 12.6 Å². The largest absolute Gasteiger partial charge is 0.481 e. The molecule has 1 aromatic carbocycles. The van der Waals surface area contributed by atoms with E-state index in [0.717, 1.165) is 18.2 Å². The van der Waals surface area contributed by atoms with Gasteiger partial charge in [-0.3, -0.25) is 4.79 Å². The maximum atomic E-state index is 13.2. The first-order valence-electron chi connectivity index (χ1n) is 5.61. The summed E-state index contributed by atoms with van der Waals surface area (Å²) in [6.07, 6.45) is 0.199. The summed E-state index contributed by atoms with van der Waals surface area (Å²) in [5.74, 6) is -1.89. The number of aliphatic carboxylic acids is 1. The molecule has 100 valence electrons. The van der Waals surface area contributed by atoms with Crippen molar-refractivity contribution in [2.24, 2.45) is 5.73 Å². The lowest BCUT2D eigenvalue weighted by atomic mass is 10.1. The van der Waals surface area contributed by atoms with E-state index in [0.29, 0.717) is 19.5 Å². The standard InChI is InChI=1S/C12H16F2N2O2/c13-9-1-2-11(14)8(5-9)3-4-16-7-10(15)6-12(17)18/h1-2,5,10,16H,3-4,6-7,15H2,(H,17,18). The minimum Gasteiger partial charge on any atom is -0.481 e. The third kappa shape index (κ3) is 5.20. The molecule has 0 fully saturated rings. The number of halogens is 2. The van der Waals surface area contributed by atoms with Gasteiger partial charge >= 0.3 is 5.97 Å². The van der Waals surface area contributed by atoms with E-state index in [1.165, 1.54) is 0 Å². The second kappa shape index (κ2) is 7.03. The Bertz CT molecular complexity index is 413. The highest BCUT2D eigenvalue weighted by Crippen LogP contribution is 2.09. The summed E-state index contributed by atoms with van der Waals surface area (Å²) in [4.78, 5) is 10.3. The Balaban J connectivity index is 2.29. The molecule has 0 bridgehead atoms. The van der Waals surface area contributed by atoms with Crippen LogP contribution in [0.2, 0.25) is 0 Å². The number of benzene rings is 1.